The summed E-state index contributed by atoms with van der Waals surface area (Å²) in [5.74, 6) is -0.345. The summed E-state index contributed by atoms with van der Waals surface area (Å²) in [5.41, 5.74) is 1.97. The minimum Gasteiger partial charge on any atom is -0.467 e. The van der Waals surface area contributed by atoms with Crippen molar-refractivity contribution in [1.82, 2.24) is 9.88 Å². The number of nitrogens with one attached hydrogen (secondary N) is 1. The molecule has 1 N–H and O–H groups in total. The zero-order valence-electron chi connectivity index (χ0n) is 16.1. The minimum atomic E-state index is -3.09. The van der Waals surface area contributed by atoms with E-state index in [9.17, 15) is 18.0 Å². The monoisotopic (exact) mass is 408 g/mol. The molecule has 28 heavy (non-hydrogen) atoms. The van der Waals surface area contributed by atoms with Crippen LogP contribution in [-0.2, 0) is 25.9 Å². The summed E-state index contributed by atoms with van der Waals surface area (Å²) in [6.07, 6.45) is 0.945. The highest BCUT2D eigenvalue weighted by Crippen LogP contribution is 2.19. The summed E-state index contributed by atoms with van der Waals surface area (Å²) in [4.78, 5) is 24.8. The largest absolute Gasteiger partial charge is 0.467 e. The summed E-state index contributed by atoms with van der Waals surface area (Å²) in [6, 6.07) is 4.94. The molecule has 8 nitrogen and oxygen atoms in total. The van der Waals surface area contributed by atoms with Gasteiger partial charge >= 0.3 is 5.97 Å². The Balaban J connectivity index is 1.63. The molecule has 3 heterocycles. The number of nitrogens with zero attached hydrogens (tertiary/aromatic N) is 1. The normalized spacial score (nSPS) is 19.3. The van der Waals surface area contributed by atoms with E-state index in [4.69, 9.17) is 9.15 Å². The maximum absolute atomic E-state index is 12.6. The van der Waals surface area contributed by atoms with Gasteiger partial charge in [0, 0.05) is 17.4 Å². The molecule has 0 bridgehead atoms. The Morgan fingerprint density at radius 3 is 2.75 bits per heavy atom. The average molecular weight is 408 g/mol. The summed E-state index contributed by atoms with van der Waals surface area (Å²) >= 11 is 0. The first-order valence-electron chi connectivity index (χ1n) is 9.07. The van der Waals surface area contributed by atoms with Crippen molar-refractivity contribution >= 4 is 21.7 Å². The SMILES string of the molecule is Cc1cc(C(=O)O[C@@H](C)C(=O)N[C@H]2CCS(=O)(=O)C2)c(C)n1Cc1ccco1. The van der Waals surface area contributed by atoms with Crippen LogP contribution in [0.25, 0.3) is 0 Å². The Morgan fingerprint density at radius 2 is 2.14 bits per heavy atom. The molecule has 1 aliphatic rings. The topological polar surface area (TPSA) is 108 Å². The number of carbonyl (C=O) groups excluding carboxylic acids is 2. The Labute approximate surface area is 163 Å². The van der Waals surface area contributed by atoms with Gasteiger partial charge in [0.1, 0.15) is 5.76 Å². The van der Waals surface area contributed by atoms with Gasteiger partial charge < -0.3 is 19.0 Å². The van der Waals surface area contributed by atoms with Gasteiger partial charge in [-0.3, -0.25) is 4.79 Å². The van der Waals surface area contributed by atoms with E-state index in [1.54, 1.807) is 25.3 Å². The number of sulfone groups is 1. The molecule has 3 rings (SSSR count). The number of hydrogen-bond acceptors (Lipinski definition) is 6. The molecule has 0 saturated carbocycles. The Bertz CT molecular complexity index is 974. The van der Waals surface area contributed by atoms with E-state index >= 15 is 0 Å². The van der Waals surface area contributed by atoms with Gasteiger partial charge in [0.25, 0.3) is 5.91 Å². The number of esters is 1. The van der Waals surface area contributed by atoms with E-state index in [-0.39, 0.29) is 11.5 Å². The number of hydrogen-bond donors (Lipinski definition) is 1. The van der Waals surface area contributed by atoms with Gasteiger partial charge in [-0.15, -0.1) is 0 Å². The van der Waals surface area contributed by atoms with Crippen molar-refractivity contribution in [3.05, 3.63) is 47.2 Å². The molecule has 2 atom stereocenters. The fourth-order valence-corrected chi connectivity index (χ4v) is 4.99. The van der Waals surface area contributed by atoms with Crippen LogP contribution in [0.4, 0.5) is 0 Å². The molecule has 0 unspecified atom stereocenters. The lowest BCUT2D eigenvalue weighted by atomic mass is 10.2. The van der Waals surface area contributed by atoms with Crippen LogP contribution in [0.1, 0.15) is 40.9 Å². The smallest absolute Gasteiger partial charge is 0.340 e. The first kappa shape index (κ1) is 20.2. The van der Waals surface area contributed by atoms with Crippen molar-refractivity contribution in [1.29, 1.82) is 0 Å². The highest BCUT2D eigenvalue weighted by atomic mass is 32.2. The summed E-state index contributed by atoms with van der Waals surface area (Å²) in [6.45, 7) is 5.65. The molecule has 2 aromatic heterocycles. The number of carbonyl (C=O) groups is 2. The molecule has 9 heteroatoms. The van der Waals surface area contributed by atoms with Crippen LogP contribution in [-0.4, -0.2) is 48.5 Å². The molecule has 0 spiro atoms. The van der Waals surface area contributed by atoms with Gasteiger partial charge in [0.05, 0.1) is 29.9 Å². The van der Waals surface area contributed by atoms with E-state index in [2.05, 4.69) is 5.32 Å². The van der Waals surface area contributed by atoms with Gasteiger partial charge in [-0.25, -0.2) is 13.2 Å². The second-order valence-corrected chi connectivity index (χ2v) is 9.34. The highest BCUT2D eigenvalue weighted by Gasteiger charge is 2.31. The van der Waals surface area contributed by atoms with Crippen LogP contribution in [0.5, 0.6) is 0 Å². The van der Waals surface area contributed by atoms with E-state index in [0.29, 0.717) is 24.2 Å². The van der Waals surface area contributed by atoms with Crippen molar-refractivity contribution in [3.8, 4) is 0 Å². The summed E-state index contributed by atoms with van der Waals surface area (Å²) < 4.78 is 35.6. The highest BCUT2D eigenvalue weighted by molar-refractivity contribution is 7.91. The lowest BCUT2D eigenvalue weighted by Gasteiger charge is -2.16. The summed E-state index contributed by atoms with van der Waals surface area (Å²) in [5, 5.41) is 2.64. The average Bonchev–Trinajstić information content (AvgIpc) is 3.31. The Morgan fingerprint density at radius 1 is 1.39 bits per heavy atom. The molecule has 1 fully saturated rings. The number of rotatable bonds is 6. The Kier molecular flexibility index (Phi) is 5.64. The van der Waals surface area contributed by atoms with Gasteiger partial charge in [0.15, 0.2) is 15.9 Å². The van der Waals surface area contributed by atoms with Gasteiger partial charge in [0.2, 0.25) is 0 Å². The van der Waals surface area contributed by atoms with E-state index in [1.165, 1.54) is 6.92 Å². The molecule has 2 aromatic rings. The number of amides is 1. The van der Waals surface area contributed by atoms with Crippen molar-refractivity contribution < 1.29 is 27.2 Å². The van der Waals surface area contributed by atoms with Crippen LogP contribution in [0.15, 0.2) is 28.9 Å². The lowest BCUT2D eigenvalue weighted by Crippen LogP contribution is -2.42. The maximum atomic E-state index is 12.6. The predicted octanol–water partition coefficient (Wildman–Crippen LogP) is 1.59. The maximum Gasteiger partial charge on any atom is 0.340 e. The molecular weight excluding hydrogens is 384 g/mol. The molecule has 0 aromatic carbocycles. The molecule has 1 saturated heterocycles. The minimum absolute atomic E-state index is 0.0633. The molecule has 1 aliphatic heterocycles. The van der Waals surface area contributed by atoms with E-state index < -0.39 is 33.9 Å². The van der Waals surface area contributed by atoms with Gasteiger partial charge in [-0.1, -0.05) is 0 Å². The third-order valence-electron chi connectivity index (χ3n) is 4.92. The quantitative estimate of drug-likeness (QED) is 0.728. The zero-order valence-corrected chi connectivity index (χ0v) is 16.9. The predicted molar refractivity (Wildman–Crippen MR) is 102 cm³/mol. The van der Waals surface area contributed by atoms with Crippen molar-refractivity contribution in [3.63, 3.8) is 0 Å². The van der Waals surface area contributed by atoms with Crippen molar-refractivity contribution in [2.75, 3.05) is 11.5 Å². The van der Waals surface area contributed by atoms with Gasteiger partial charge in [-0.2, -0.15) is 0 Å². The fraction of sp³-hybridized carbons (Fsp3) is 0.474. The molecular formula is C19H24N2O6S. The number of ether oxygens (including phenoxy) is 1. The molecule has 1 amide bonds. The lowest BCUT2D eigenvalue weighted by molar-refractivity contribution is -0.129. The van der Waals surface area contributed by atoms with Crippen LogP contribution < -0.4 is 5.32 Å². The second kappa shape index (κ2) is 7.83. The Hall–Kier alpha value is -2.55. The fourth-order valence-electron chi connectivity index (χ4n) is 3.31. The molecule has 0 aliphatic carbocycles. The van der Waals surface area contributed by atoms with E-state index in [0.717, 1.165) is 11.5 Å². The molecule has 0 radical (unpaired) electrons. The third-order valence-corrected chi connectivity index (χ3v) is 6.69. The van der Waals surface area contributed by atoms with Crippen LogP contribution >= 0.6 is 0 Å². The van der Waals surface area contributed by atoms with Crippen molar-refractivity contribution in [2.45, 2.75) is 45.9 Å². The number of aromatic nitrogens is 1. The number of aryl methyl sites for hydroxylation is 1. The molecule has 152 valence electrons. The van der Waals surface area contributed by atoms with Crippen molar-refractivity contribution in [2.24, 2.45) is 0 Å². The van der Waals surface area contributed by atoms with Crippen LogP contribution in [0.2, 0.25) is 0 Å². The van der Waals surface area contributed by atoms with E-state index in [1.807, 2.05) is 17.6 Å². The second-order valence-electron chi connectivity index (χ2n) is 7.11. The van der Waals surface area contributed by atoms with Gasteiger partial charge in [-0.05, 0) is 45.4 Å². The standard InChI is InChI=1S/C19H24N2O6S/c1-12-9-17(13(2)21(12)10-16-5-4-7-26-16)19(23)27-14(3)18(22)20-15-6-8-28(24,25)11-15/h4-5,7,9,14-15H,6,8,10-11H2,1-3H3,(H,20,22)/t14-,15-/m0/s1. The first-order valence-corrected chi connectivity index (χ1v) is 10.9. The first-order chi connectivity index (χ1) is 13.2. The zero-order chi connectivity index (χ0) is 20.5. The number of furan rings is 1. The third kappa shape index (κ3) is 4.46. The van der Waals surface area contributed by atoms with Crippen LogP contribution in [0, 0.1) is 13.8 Å². The summed E-state index contributed by atoms with van der Waals surface area (Å²) in [7, 11) is -3.09. The van der Waals surface area contributed by atoms with Crippen LogP contribution in [0.3, 0.4) is 0 Å².